The molecule has 1 aromatic carbocycles. The van der Waals surface area contributed by atoms with Crippen LogP contribution in [0.1, 0.15) is 24.3 Å². The van der Waals surface area contributed by atoms with E-state index in [4.69, 9.17) is 0 Å². The van der Waals surface area contributed by atoms with Crippen LogP contribution in [0.15, 0.2) is 36.5 Å². The Morgan fingerprint density at radius 3 is 2.58 bits per heavy atom. The third kappa shape index (κ3) is 3.13. The molecule has 2 aromatic rings. The Labute approximate surface area is 139 Å². The molecule has 1 aliphatic rings. The molecule has 0 saturated carbocycles. The van der Waals surface area contributed by atoms with E-state index in [-0.39, 0.29) is 29.4 Å². The topological polar surface area (TPSA) is 93.3 Å². The van der Waals surface area contributed by atoms with Gasteiger partial charge in [0.05, 0.1) is 4.92 Å². The summed E-state index contributed by atoms with van der Waals surface area (Å²) in [6.07, 6.45) is 1.57. The average molecular weight is 329 g/mol. The van der Waals surface area contributed by atoms with Gasteiger partial charge in [-0.2, -0.15) is 5.10 Å². The van der Waals surface area contributed by atoms with Gasteiger partial charge in [-0.3, -0.25) is 14.9 Å². The molecule has 0 radical (unpaired) electrons. The monoisotopic (exact) mass is 329 g/mol. The van der Waals surface area contributed by atoms with Crippen LogP contribution in [0.25, 0.3) is 5.69 Å². The number of nitrogens with one attached hydrogen (secondary N) is 1. The third-order valence-corrected chi connectivity index (χ3v) is 3.98. The first-order chi connectivity index (χ1) is 11.5. The summed E-state index contributed by atoms with van der Waals surface area (Å²) in [4.78, 5) is 25.1. The Hall–Kier alpha value is -2.74. The molecule has 0 spiro atoms. The second-order valence-corrected chi connectivity index (χ2v) is 6.07. The largest absolute Gasteiger partial charge is 0.334 e. The summed E-state index contributed by atoms with van der Waals surface area (Å²) >= 11 is 0. The highest BCUT2D eigenvalue weighted by molar-refractivity contribution is 5.92. The number of carbonyl (C=O) groups is 1. The van der Waals surface area contributed by atoms with E-state index in [1.54, 1.807) is 35.4 Å². The number of benzene rings is 1. The summed E-state index contributed by atoms with van der Waals surface area (Å²) < 4.78 is 1.38. The number of para-hydroxylation sites is 2. The van der Waals surface area contributed by atoms with Crippen LogP contribution in [-0.2, 0) is 0 Å². The first-order valence-corrected chi connectivity index (χ1v) is 7.80. The summed E-state index contributed by atoms with van der Waals surface area (Å²) in [5, 5.41) is 18.8. The summed E-state index contributed by atoms with van der Waals surface area (Å²) in [6, 6.07) is 8.35. The minimum atomic E-state index is -0.460. The van der Waals surface area contributed by atoms with Crippen LogP contribution in [0.3, 0.4) is 0 Å². The fourth-order valence-corrected chi connectivity index (χ4v) is 3.04. The Kier molecular flexibility index (Phi) is 4.30. The van der Waals surface area contributed by atoms with Crippen LogP contribution >= 0.6 is 0 Å². The predicted molar refractivity (Wildman–Crippen MR) is 88.2 cm³/mol. The standard InChI is InChI=1S/C16H19N5O3/c1-11-9-19(10-12(2)17-11)16(22)13-7-8-20(18-13)14-5-3-4-6-15(14)21(23)24/h3-8,11-12,17H,9-10H2,1-2H3. The first kappa shape index (κ1) is 16.1. The highest BCUT2D eigenvalue weighted by Crippen LogP contribution is 2.22. The lowest BCUT2D eigenvalue weighted by atomic mass is 10.1. The molecule has 1 N–H and O–H groups in total. The van der Waals surface area contributed by atoms with Crippen molar-refractivity contribution in [1.29, 1.82) is 0 Å². The van der Waals surface area contributed by atoms with Crippen LogP contribution in [0, 0.1) is 10.1 Å². The number of carbonyl (C=O) groups excluding carboxylic acids is 1. The number of rotatable bonds is 3. The van der Waals surface area contributed by atoms with Gasteiger partial charge in [-0.1, -0.05) is 12.1 Å². The predicted octanol–water partition coefficient (Wildman–Crippen LogP) is 1.60. The van der Waals surface area contributed by atoms with E-state index in [1.165, 1.54) is 10.7 Å². The minimum absolute atomic E-state index is 0.0518. The van der Waals surface area contributed by atoms with E-state index in [1.807, 2.05) is 13.8 Å². The van der Waals surface area contributed by atoms with Gasteiger partial charge in [-0.25, -0.2) is 4.68 Å². The van der Waals surface area contributed by atoms with Gasteiger partial charge in [0.25, 0.3) is 11.6 Å². The molecule has 0 aliphatic carbocycles. The molecule has 126 valence electrons. The van der Waals surface area contributed by atoms with Gasteiger partial charge in [-0.05, 0) is 26.0 Å². The molecule has 1 fully saturated rings. The van der Waals surface area contributed by atoms with Crippen molar-refractivity contribution >= 4 is 11.6 Å². The maximum absolute atomic E-state index is 12.6. The van der Waals surface area contributed by atoms with E-state index in [0.717, 1.165) is 0 Å². The number of nitro groups is 1. The van der Waals surface area contributed by atoms with Crippen LogP contribution in [0.5, 0.6) is 0 Å². The molecule has 1 aliphatic heterocycles. The zero-order chi connectivity index (χ0) is 17.3. The van der Waals surface area contributed by atoms with Gasteiger partial charge in [0.1, 0.15) is 5.69 Å². The Morgan fingerprint density at radius 2 is 1.92 bits per heavy atom. The van der Waals surface area contributed by atoms with E-state index < -0.39 is 4.92 Å². The zero-order valence-electron chi connectivity index (χ0n) is 13.5. The second kappa shape index (κ2) is 6.40. The number of aromatic nitrogens is 2. The Balaban J connectivity index is 1.86. The molecular weight excluding hydrogens is 310 g/mol. The van der Waals surface area contributed by atoms with Crippen molar-refractivity contribution in [3.05, 3.63) is 52.3 Å². The Morgan fingerprint density at radius 1 is 1.25 bits per heavy atom. The molecule has 8 heteroatoms. The summed E-state index contributed by atoms with van der Waals surface area (Å²) in [5.41, 5.74) is 0.571. The highest BCUT2D eigenvalue weighted by atomic mass is 16.6. The second-order valence-electron chi connectivity index (χ2n) is 6.07. The fraction of sp³-hybridized carbons (Fsp3) is 0.375. The van der Waals surface area contributed by atoms with Crippen molar-refractivity contribution in [3.63, 3.8) is 0 Å². The van der Waals surface area contributed by atoms with Gasteiger partial charge >= 0.3 is 0 Å². The average Bonchev–Trinajstić information content (AvgIpc) is 3.03. The van der Waals surface area contributed by atoms with Crippen LogP contribution in [0.4, 0.5) is 5.69 Å². The zero-order valence-corrected chi connectivity index (χ0v) is 13.5. The summed E-state index contributed by atoms with van der Waals surface area (Å²) in [7, 11) is 0. The molecule has 0 bridgehead atoms. The molecule has 2 unspecified atom stereocenters. The summed E-state index contributed by atoms with van der Waals surface area (Å²) in [6.45, 7) is 5.28. The van der Waals surface area contributed by atoms with Gasteiger partial charge in [0.2, 0.25) is 0 Å². The van der Waals surface area contributed by atoms with Crippen LogP contribution in [-0.4, -0.2) is 50.7 Å². The molecule has 8 nitrogen and oxygen atoms in total. The highest BCUT2D eigenvalue weighted by Gasteiger charge is 2.27. The van der Waals surface area contributed by atoms with Crippen LogP contribution in [0.2, 0.25) is 0 Å². The smallest absolute Gasteiger partial charge is 0.294 e. The number of amides is 1. The van der Waals surface area contributed by atoms with E-state index in [9.17, 15) is 14.9 Å². The van der Waals surface area contributed by atoms with Gasteiger partial charge in [0.15, 0.2) is 5.69 Å². The molecule has 2 atom stereocenters. The molecule has 3 rings (SSSR count). The van der Waals surface area contributed by atoms with Crippen molar-refractivity contribution in [2.24, 2.45) is 0 Å². The Bertz CT molecular complexity index is 763. The SMILES string of the molecule is CC1CN(C(=O)c2ccn(-c3ccccc3[N+](=O)[O-])n2)CC(C)N1. The maximum atomic E-state index is 12.6. The van der Waals surface area contributed by atoms with Gasteiger partial charge in [-0.15, -0.1) is 0 Å². The third-order valence-electron chi connectivity index (χ3n) is 3.98. The van der Waals surface area contributed by atoms with Crippen molar-refractivity contribution in [2.75, 3.05) is 13.1 Å². The van der Waals surface area contributed by atoms with Crippen molar-refractivity contribution in [1.82, 2.24) is 20.0 Å². The number of piperazine rings is 1. The minimum Gasteiger partial charge on any atom is -0.334 e. The fourth-order valence-electron chi connectivity index (χ4n) is 3.04. The van der Waals surface area contributed by atoms with Crippen molar-refractivity contribution in [3.8, 4) is 5.69 Å². The van der Waals surface area contributed by atoms with Crippen LogP contribution < -0.4 is 5.32 Å². The maximum Gasteiger partial charge on any atom is 0.294 e. The molecule has 2 heterocycles. The van der Waals surface area contributed by atoms with Crippen molar-refractivity contribution < 1.29 is 9.72 Å². The van der Waals surface area contributed by atoms with Crippen molar-refractivity contribution in [2.45, 2.75) is 25.9 Å². The van der Waals surface area contributed by atoms with Gasteiger partial charge in [0, 0.05) is 37.4 Å². The normalized spacial score (nSPS) is 20.8. The molecule has 1 saturated heterocycles. The quantitative estimate of drug-likeness (QED) is 0.682. The van der Waals surface area contributed by atoms with E-state index in [2.05, 4.69) is 10.4 Å². The molecular formula is C16H19N5O3. The van der Waals surface area contributed by atoms with E-state index in [0.29, 0.717) is 18.8 Å². The lowest BCUT2D eigenvalue weighted by Gasteiger charge is -2.35. The molecule has 1 amide bonds. The van der Waals surface area contributed by atoms with E-state index >= 15 is 0 Å². The lowest BCUT2D eigenvalue weighted by molar-refractivity contribution is -0.384. The molecule has 24 heavy (non-hydrogen) atoms. The number of hydrogen-bond donors (Lipinski definition) is 1. The van der Waals surface area contributed by atoms with Gasteiger partial charge < -0.3 is 10.2 Å². The summed E-state index contributed by atoms with van der Waals surface area (Å²) in [5.74, 6) is -0.160. The first-order valence-electron chi connectivity index (χ1n) is 7.80. The number of nitrogens with zero attached hydrogens (tertiary/aromatic N) is 4. The number of hydrogen-bond acceptors (Lipinski definition) is 5. The molecule has 1 aromatic heterocycles. The number of nitro benzene ring substituents is 1. The lowest BCUT2D eigenvalue weighted by Crippen LogP contribution is -2.55.